The number of nitrogens with zero attached hydrogens (tertiary/aromatic N) is 1. The fourth-order valence-corrected chi connectivity index (χ4v) is 2.99. The summed E-state index contributed by atoms with van der Waals surface area (Å²) in [5, 5.41) is 9.76. The fraction of sp³-hybridized carbons (Fsp3) is 0.278. The van der Waals surface area contributed by atoms with Crippen LogP contribution >= 0.6 is 11.6 Å². The molecule has 1 atom stereocenters. The number of aromatic carboxylic acids is 1. The minimum atomic E-state index is -0.980. The third-order valence-corrected chi connectivity index (χ3v) is 4.21. The largest absolute Gasteiger partial charge is 0.486 e. The molecule has 0 bridgehead atoms. The van der Waals surface area contributed by atoms with Crippen LogP contribution in [0.4, 0.5) is 0 Å². The van der Waals surface area contributed by atoms with Crippen molar-refractivity contribution in [2.45, 2.75) is 12.6 Å². The molecular weight excluding hydrogens is 330 g/mol. The zero-order valence-corrected chi connectivity index (χ0v) is 14.0. The number of fused-ring (bicyclic) bond motifs is 1. The van der Waals surface area contributed by atoms with Crippen LogP contribution in [-0.4, -0.2) is 42.3 Å². The molecule has 2 aromatic carbocycles. The van der Waals surface area contributed by atoms with Gasteiger partial charge in [0.25, 0.3) is 0 Å². The van der Waals surface area contributed by atoms with Crippen LogP contribution in [-0.2, 0) is 6.54 Å². The molecule has 0 amide bonds. The lowest BCUT2D eigenvalue weighted by Gasteiger charge is -2.29. The van der Waals surface area contributed by atoms with Crippen LogP contribution in [0.1, 0.15) is 15.9 Å². The molecule has 1 unspecified atom stereocenters. The van der Waals surface area contributed by atoms with Gasteiger partial charge in [0, 0.05) is 18.1 Å². The molecule has 1 aliphatic rings. The molecule has 24 heavy (non-hydrogen) atoms. The molecule has 1 N–H and O–H groups in total. The molecule has 6 heteroatoms. The zero-order valence-electron chi connectivity index (χ0n) is 13.2. The first-order valence-corrected chi connectivity index (χ1v) is 8.00. The first-order valence-electron chi connectivity index (χ1n) is 7.62. The number of rotatable bonds is 5. The molecule has 3 rings (SSSR count). The summed E-state index contributed by atoms with van der Waals surface area (Å²) in [4.78, 5) is 13.3. The Morgan fingerprint density at radius 3 is 2.75 bits per heavy atom. The highest BCUT2D eigenvalue weighted by atomic mass is 35.5. The molecule has 2 aromatic rings. The molecule has 5 nitrogen and oxygen atoms in total. The molecule has 0 saturated carbocycles. The second-order valence-electron chi connectivity index (χ2n) is 5.77. The van der Waals surface area contributed by atoms with E-state index < -0.39 is 5.97 Å². The third-order valence-electron chi connectivity index (χ3n) is 3.86. The van der Waals surface area contributed by atoms with Gasteiger partial charge in [-0.05, 0) is 36.9 Å². The van der Waals surface area contributed by atoms with Crippen molar-refractivity contribution < 1.29 is 19.4 Å². The molecule has 0 aromatic heterocycles. The lowest BCUT2D eigenvalue weighted by molar-refractivity contribution is 0.0631. The highest BCUT2D eigenvalue weighted by Crippen LogP contribution is 2.31. The van der Waals surface area contributed by atoms with Gasteiger partial charge in [0.05, 0.1) is 5.56 Å². The Balaban J connectivity index is 1.67. The van der Waals surface area contributed by atoms with Gasteiger partial charge < -0.3 is 14.6 Å². The van der Waals surface area contributed by atoms with Gasteiger partial charge in [0.15, 0.2) is 11.5 Å². The van der Waals surface area contributed by atoms with Gasteiger partial charge in [0.2, 0.25) is 0 Å². The van der Waals surface area contributed by atoms with Crippen molar-refractivity contribution in [3.63, 3.8) is 0 Å². The third kappa shape index (κ3) is 3.63. The molecule has 1 aliphatic heterocycles. The van der Waals surface area contributed by atoms with E-state index in [9.17, 15) is 9.90 Å². The molecule has 0 fully saturated rings. The Hall–Kier alpha value is -2.24. The predicted octanol–water partition coefficient (Wildman–Crippen LogP) is 3.31. The van der Waals surface area contributed by atoms with Gasteiger partial charge in [-0.2, -0.15) is 0 Å². The van der Waals surface area contributed by atoms with Crippen molar-refractivity contribution in [1.82, 2.24) is 4.90 Å². The predicted molar refractivity (Wildman–Crippen MR) is 91.1 cm³/mol. The van der Waals surface area contributed by atoms with Crippen molar-refractivity contribution in [2.75, 3.05) is 20.2 Å². The topological polar surface area (TPSA) is 59.0 Å². The number of halogens is 1. The summed E-state index contributed by atoms with van der Waals surface area (Å²) in [5.41, 5.74) is 0.826. The number of likely N-dealkylation sites (N-methyl/N-ethyl adjacent to an activating group) is 1. The second-order valence-corrected chi connectivity index (χ2v) is 6.17. The fourth-order valence-electron chi connectivity index (χ4n) is 2.75. The highest BCUT2D eigenvalue weighted by molar-refractivity contribution is 6.31. The summed E-state index contributed by atoms with van der Waals surface area (Å²) in [7, 11) is 1.90. The van der Waals surface area contributed by atoms with Gasteiger partial charge in [-0.3, -0.25) is 4.90 Å². The van der Waals surface area contributed by atoms with E-state index in [1.54, 1.807) is 18.2 Å². The van der Waals surface area contributed by atoms with E-state index in [2.05, 4.69) is 0 Å². The number of hydrogen-bond donors (Lipinski definition) is 1. The van der Waals surface area contributed by atoms with E-state index in [0.29, 0.717) is 30.3 Å². The quantitative estimate of drug-likeness (QED) is 0.899. The molecule has 0 radical (unpaired) electrons. The molecule has 0 aliphatic carbocycles. The standard InChI is InChI=1S/C18H18ClNO4/c1-20(10-14-13(18(21)22)5-4-6-15(14)19)9-12-11-23-16-7-2-3-8-17(16)24-12/h2-8,12H,9-11H2,1H3,(H,21,22). The van der Waals surface area contributed by atoms with Crippen LogP contribution in [0.5, 0.6) is 11.5 Å². The van der Waals surface area contributed by atoms with E-state index in [1.165, 1.54) is 0 Å². The van der Waals surface area contributed by atoms with E-state index in [1.807, 2.05) is 36.2 Å². The van der Waals surface area contributed by atoms with Crippen molar-refractivity contribution in [1.29, 1.82) is 0 Å². The van der Waals surface area contributed by atoms with Crippen LogP contribution in [0.2, 0.25) is 5.02 Å². The van der Waals surface area contributed by atoms with E-state index in [-0.39, 0.29) is 11.7 Å². The smallest absolute Gasteiger partial charge is 0.336 e. The maximum absolute atomic E-state index is 11.4. The van der Waals surface area contributed by atoms with Crippen molar-refractivity contribution in [3.8, 4) is 11.5 Å². The summed E-state index contributed by atoms with van der Waals surface area (Å²) >= 11 is 6.18. The Kier molecular flexibility index (Phi) is 4.92. The number of benzene rings is 2. The summed E-state index contributed by atoms with van der Waals surface area (Å²) in [6, 6.07) is 12.5. The number of carbonyl (C=O) groups is 1. The molecular formula is C18H18ClNO4. The second kappa shape index (κ2) is 7.11. The maximum Gasteiger partial charge on any atom is 0.336 e. The summed E-state index contributed by atoms with van der Waals surface area (Å²) in [6.07, 6.45) is -0.124. The van der Waals surface area contributed by atoms with Crippen LogP contribution in [0.25, 0.3) is 0 Å². The van der Waals surface area contributed by atoms with E-state index in [4.69, 9.17) is 21.1 Å². The van der Waals surface area contributed by atoms with Crippen molar-refractivity contribution >= 4 is 17.6 Å². The maximum atomic E-state index is 11.4. The molecule has 126 valence electrons. The number of para-hydroxylation sites is 2. The average Bonchev–Trinajstić information content (AvgIpc) is 2.56. The van der Waals surface area contributed by atoms with Crippen molar-refractivity contribution in [2.24, 2.45) is 0 Å². The van der Waals surface area contributed by atoms with Crippen LogP contribution in [0.15, 0.2) is 42.5 Å². The van der Waals surface area contributed by atoms with Crippen LogP contribution < -0.4 is 9.47 Å². The summed E-state index contributed by atoms with van der Waals surface area (Å²) in [5.74, 6) is 0.494. The Morgan fingerprint density at radius 1 is 1.25 bits per heavy atom. The van der Waals surface area contributed by atoms with Gasteiger partial charge in [-0.25, -0.2) is 4.79 Å². The Labute approximate surface area is 145 Å². The number of carboxylic acid groups (broad SMARTS) is 1. The SMILES string of the molecule is CN(Cc1c(Cl)cccc1C(=O)O)CC1COc2ccccc2O1. The first-order chi connectivity index (χ1) is 11.5. The Morgan fingerprint density at radius 2 is 2.00 bits per heavy atom. The Bertz CT molecular complexity index is 750. The highest BCUT2D eigenvalue weighted by Gasteiger charge is 2.23. The summed E-state index contributed by atoms with van der Waals surface area (Å²) < 4.78 is 11.6. The summed E-state index contributed by atoms with van der Waals surface area (Å²) in [6.45, 7) is 1.47. The van der Waals surface area contributed by atoms with Gasteiger partial charge in [0.1, 0.15) is 12.7 Å². The van der Waals surface area contributed by atoms with Crippen LogP contribution in [0.3, 0.4) is 0 Å². The molecule has 0 saturated heterocycles. The number of carboxylic acids is 1. The lowest BCUT2D eigenvalue weighted by Crippen LogP contribution is -2.39. The van der Waals surface area contributed by atoms with Crippen LogP contribution in [0, 0.1) is 0 Å². The average molecular weight is 348 g/mol. The van der Waals surface area contributed by atoms with E-state index >= 15 is 0 Å². The van der Waals surface area contributed by atoms with Gasteiger partial charge in [-0.15, -0.1) is 0 Å². The van der Waals surface area contributed by atoms with E-state index in [0.717, 1.165) is 11.5 Å². The number of hydrogen-bond acceptors (Lipinski definition) is 4. The minimum absolute atomic E-state index is 0.124. The first kappa shape index (κ1) is 16.6. The monoisotopic (exact) mass is 347 g/mol. The zero-order chi connectivity index (χ0) is 17.1. The van der Waals surface area contributed by atoms with Gasteiger partial charge in [-0.1, -0.05) is 29.8 Å². The lowest BCUT2D eigenvalue weighted by atomic mass is 10.1. The normalized spacial score (nSPS) is 16.2. The minimum Gasteiger partial charge on any atom is -0.486 e. The van der Waals surface area contributed by atoms with Crippen molar-refractivity contribution in [3.05, 3.63) is 58.6 Å². The molecule has 0 spiro atoms. The van der Waals surface area contributed by atoms with Gasteiger partial charge >= 0.3 is 5.97 Å². The molecule has 1 heterocycles. The number of ether oxygens (including phenoxy) is 2.